The molecule has 0 saturated carbocycles. The molecule has 0 aromatic heterocycles. The lowest BCUT2D eigenvalue weighted by Gasteiger charge is -2.07. The van der Waals surface area contributed by atoms with Gasteiger partial charge in [0, 0.05) is 20.3 Å². The number of methoxy groups -OCH3 is 1. The highest BCUT2D eigenvalue weighted by atomic mass is 32.2. The largest absolute Gasteiger partial charge is 0.385 e. The average molecular weight is 254 g/mol. The van der Waals surface area contributed by atoms with Crippen LogP contribution in [0, 0.1) is 11.3 Å². The van der Waals surface area contributed by atoms with Crippen LogP contribution in [0.2, 0.25) is 0 Å². The second-order valence-corrected chi connectivity index (χ2v) is 5.09. The maximum atomic E-state index is 11.9. The summed E-state index contributed by atoms with van der Waals surface area (Å²) in [6.07, 6.45) is 0.588. The molecule has 17 heavy (non-hydrogen) atoms. The molecule has 0 heterocycles. The Kier molecular flexibility index (Phi) is 5.10. The Morgan fingerprint density at radius 2 is 2.12 bits per heavy atom. The van der Waals surface area contributed by atoms with Gasteiger partial charge in [0.1, 0.15) is 6.07 Å². The molecule has 1 rings (SSSR count). The van der Waals surface area contributed by atoms with Gasteiger partial charge in [-0.3, -0.25) is 0 Å². The number of nitrogens with one attached hydrogen (secondary N) is 1. The Balaban J connectivity index is 2.80. The van der Waals surface area contributed by atoms with Gasteiger partial charge in [-0.25, -0.2) is 13.1 Å². The SMILES string of the molecule is COCCCNS(=O)(=O)c1ccccc1C#N. The van der Waals surface area contributed by atoms with Crippen LogP contribution in [-0.2, 0) is 14.8 Å². The normalized spacial score (nSPS) is 11.1. The Morgan fingerprint density at radius 1 is 1.41 bits per heavy atom. The van der Waals surface area contributed by atoms with Crippen molar-refractivity contribution in [2.24, 2.45) is 0 Å². The molecule has 0 radical (unpaired) electrons. The van der Waals surface area contributed by atoms with Gasteiger partial charge < -0.3 is 4.74 Å². The van der Waals surface area contributed by atoms with E-state index >= 15 is 0 Å². The van der Waals surface area contributed by atoms with Crippen molar-refractivity contribution < 1.29 is 13.2 Å². The first kappa shape index (κ1) is 13.6. The van der Waals surface area contributed by atoms with E-state index in [2.05, 4.69) is 4.72 Å². The van der Waals surface area contributed by atoms with E-state index < -0.39 is 10.0 Å². The summed E-state index contributed by atoms with van der Waals surface area (Å²) in [4.78, 5) is 0.0138. The molecule has 0 saturated heterocycles. The summed E-state index contributed by atoms with van der Waals surface area (Å²) >= 11 is 0. The third-order valence-corrected chi connectivity index (χ3v) is 3.63. The highest BCUT2D eigenvalue weighted by Crippen LogP contribution is 2.13. The van der Waals surface area contributed by atoms with Gasteiger partial charge in [0.05, 0.1) is 10.5 Å². The molecule has 0 aliphatic carbocycles. The first-order chi connectivity index (χ1) is 8.11. The van der Waals surface area contributed by atoms with Gasteiger partial charge in [-0.2, -0.15) is 5.26 Å². The van der Waals surface area contributed by atoms with Crippen LogP contribution in [0.25, 0.3) is 0 Å². The van der Waals surface area contributed by atoms with Gasteiger partial charge >= 0.3 is 0 Å². The summed E-state index contributed by atoms with van der Waals surface area (Å²) in [7, 11) is -2.06. The second kappa shape index (κ2) is 6.35. The fraction of sp³-hybridized carbons (Fsp3) is 0.364. The lowest BCUT2D eigenvalue weighted by atomic mass is 10.2. The minimum absolute atomic E-state index is 0.0138. The van der Waals surface area contributed by atoms with Crippen LogP contribution < -0.4 is 4.72 Å². The van der Waals surface area contributed by atoms with Crippen molar-refractivity contribution in [3.05, 3.63) is 29.8 Å². The zero-order chi connectivity index (χ0) is 12.7. The highest BCUT2D eigenvalue weighted by molar-refractivity contribution is 7.89. The fourth-order valence-corrected chi connectivity index (χ4v) is 2.52. The van der Waals surface area contributed by atoms with Crippen molar-refractivity contribution in [2.75, 3.05) is 20.3 Å². The second-order valence-electron chi connectivity index (χ2n) is 3.35. The van der Waals surface area contributed by atoms with Crippen molar-refractivity contribution >= 4 is 10.0 Å². The molecule has 1 aromatic carbocycles. The zero-order valence-corrected chi connectivity index (χ0v) is 10.3. The molecule has 0 unspecified atom stereocenters. The highest BCUT2D eigenvalue weighted by Gasteiger charge is 2.16. The molecule has 0 amide bonds. The van der Waals surface area contributed by atoms with Crippen LogP contribution in [-0.4, -0.2) is 28.7 Å². The van der Waals surface area contributed by atoms with Crippen molar-refractivity contribution in [1.29, 1.82) is 5.26 Å². The molecule has 0 aliphatic heterocycles. The van der Waals surface area contributed by atoms with Crippen LogP contribution in [0.3, 0.4) is 0 Å². The molecular weight excluding hydrogens is 240 g/mol. The standard InChI is InChI=1S/C11H14N2O3S/c1-16-8-4-7-13-17(14,15)11-6-3-2-5-10(11)9-12/h2-3,5-6,13H,4,7-8H2,1H3. The Morgan fingerprint density at radius 3 is 2.76 bits per heavy atom. The number of benzene rings is 1. The third kappa shape index (κ3) is 3.82. The van der Waals surface area contributed by atoms with E-state index in [4.69, 9.17) is 10.00 Å². The van der Waals surface area contributed by atoms with Crippen molar-refractivity contribution in [3.8, 4) is 6.07 Å². The quantitative estimate of drug-likeness (QED) is 0.764. The summed E-state index contributed by atoms with van der Waals surface area (Å²) in [6, 6.07) is 7.96. The van der Waals surface area contributed by atoms with E-state index in [1.807, 2.05) is 6.07 Å². The number of hydrogen-bond acceptors (Lipinski definition) is 4. The summed E-state index contributed by atoms with van der Waals surface area (Å²) in [5, 5.41) is 8.83. The first-order valence-electron chi connectivity index (χ1n) is 5.09. The van der Waals surface area contributed by atoms with Gasteiger partial charge in [-0.05, 0) is 18.6 Å². The lowest BCUT2D eigenvalue weighted by Crippen LogP contribution is -2.26. The smallest absolute Gasteiger partial charge is 0.241 e. The molecule has 92 valence electrons. The van der Waals surface area contributed by atoms with Gasteiger partial charge in [0.25, 0.3) is 0 Å². The van der Waals surface area contributed by atoms with E-state index in [1.165, 1.54) is 12.1 Å². The Labute approximate surface area is 101 Å². The molecule has 0 fully saturated rings. The summed E-state index contributed by atoms with van der Waals surface area (Å²) in [6.45, 7) is 0.776. The van der Waals surface area contributed by atoms with E-state index in [1.54, 1.807) is 19.2 Å². The van der Waals surface area contributed by atoms with Gasteiger partial charge in [-0.15, -0.1) is 0 Å². The maximum absolute atomic E-state index is 11.9. The van der Waals surface area contributed by atoms with Crippen LogP contribution in [0.4, 0.5) is 0 Å². The first-order valence-corrected chi connectivity index (χ1v) is 6.58. The third-order valence-electron chi connectivity index (χ3n) is 2.11. The fourth-order valence-electron chi connectivity index (χ4n) is 1.29. The topological polar surface area (TPSA) is 79.2 Å². The van der Waals surface area contributed by atoms with Crippen LogP contribution in [0.1, 0.15) is 12.0 Å². The van der Waals surface area contributed by atoms with Crippen LogP contribution in [0.5, 0.6) is 0 Å². The van der Waals surface area contributed by atoms with Crippen molar-refractivity contribution in [1.82, 2.24) is 4.72 Å². The average Bonchev–Trinajstić information content (AvgIpc) is 2.34. The number of nitriles is 1. The molecule has 6 heteroatoms. The Hall–Kier alpha value is -1.42. The molecule has 1 aromatic rings. The number of nitrogens with zero attached hydrogens (tertiary/aromatic N) is 1. The molecule has 0 atom stereocenters. The summed E-state index contributed by atoms with van der Waals surface area (Å²) in [5.74, 6) is 0. The van der Waals surface area contributed by atoms with Crippen molar-refractivity contribution in [2.45, 2.75) is 11.3 Å². The van der Waals surface area contributed by atoms with Gasteiger partial charge in [0.2, 0.25) is 10.0 Å². The summed E-state index contributed by atoms with van der Waals surface area (Å²) < 4.78 is 31.0. The molecule has 0 aliphatic rings. The number of sulfonamides is 1. The lowest BCUT2D eigenvalue weighted by molar-refractivity contribution is 0.196. The number of rotatable bonds is 6. The molecule has 0 bridgehead atoms. The molecule has 1 N–H and O–H groups in total. The molecular formula is C11H14N2O3S. The zero-order valence-electron chi connectivity index (χ0n) is 9.51. The number of hydrogen-bond donors (Lipinski definition) is 1. The molecule has 5 nitrogen and oxygen atoms in total. The maximum Gasteiger partial charge on any atom is 0.241 e. The van der Waals surface area contributed by atoms with Crippen LogP contribution >= 0.6 is 0 Å². The number of ether oxygens (including phenoxy) is 1. The van der Waals surface area contributed by atoms with Gasteiger partial charge in [-0.1, -0.05) is 12.1 Å². The molecule has 0 spiro atoms. The van der Waals surface area contributed by atoms with E-state index in [9.17, 15) is 8.42 Å². The van der Waals surface area contributed by atoms with E-state index in [0.29, 0.717) is 13.0 Å². The predicted octanol–water partition coefficient (Wildman–Crippen LogP) is 0.873. The minimum Gasteiger partial charge on any atom is -0.385 e. The van der Waals surface area contributed by atoms with E-state index in [0.717, 1.165) is 0 Å². The van der Waals surface area contributed by atoms with Crippen molar-refractivity contribution in [3.63, 3.8) is 0 Å². The Bertz CT molecular complexity index is 506. The monoisotopic (exact) mass is 254 g/mol. The predicted molar refractivity (Wildman–Crippen MR) is 62.8 cm³/mol. The minimum atomic E-state index is -3.61. The van der Waals surface area contributed by atoms with Crippen LogP contribution in [0.15, 0.2) is 29.2 Å². The summed E-state index contributed by atoms with van der Waals surface area (Å²) in [5.41, 5.74) is 0.145. The van der Waals surface area contributed by atoms with E-state index in [-0.39, 0.29) is 17.0 Å². The van der Waals surface area contributed by atoms with Gasteiger partial charge in [0.15, 0.2) is 0 Å².